The Balaban J connectivity index is 1.97. The average Bonchev–Trinajstić information content (AvgIpc) is 2.85. The number of nitrogens with one attached hydrogen (secondary N) is 1. The Morgan fingerprint density at radius 3 is 2.61 bits per heavy atom. The maximum Gasteiger partial charge on any atom is 0.299 e. The fraction of sp³-hybridized carbons (Fsp3) is 0.385. The third-order valence-electron chi connectivity index (χ3n) is 2.51. The van der Waals surface area contributed by atoms with E-state index in [2.05, 4.69) is 41.5 Å². The molecule has 0 aliphatic heterocycles. The molecule has 0 aliphatic carbocycles. The molecule has 18 heavy (non-hydrogen) atoms. The number of nitrogens with zero attached hydrogens (tertiary/aromatic N) is 2. The zero-order valence-electron chi connectivity index (χ0n) is 10.6. The van der Waals surface area contributed by atoms with Crippen molar-refractivity contribution in [1.29, 1.82) is 0 Å². The molecular formula is C13H17N3OS. The van der Waals surface area contributed by atoms with E-state index in [4.69, 9.17) is 4.74 Å². The van der Waals surface area contributed by atoms with Gasteiger partial charge in [0.15, 0.2) is 0 Å². The van der Waals surface area contributed by atoms with Crippen molar-refractivity contribution in [3.63, 3.8) is 0 Å². The van der Waals surface area contributed by atoms with Crippen molar-refractivity contribution in [2.75, 3.05) is 6.54 Å². The van der Waals surface area contributed by atoms with Crippen LogP contribution in [0.5, 0.6) is 10.9 Å². The van der Waals surface area contributed by atoms with Crippen LogP contribution in [-0.2, 0) is 13.0 Å². The van der Waals surface area contributed by atoms with Crippen molar-refractivity contribution in [3.05, 3.63) is 34.8 Å². The minimum Gasteiger partial charge on any atom is -0.430 e. The fourth-order valence-electron chi connectivity index (χ4n) is 1.48. The predicted molar refractivity (Wildman–Crippen MR) is 73.2 cm³/mol. The average molecular weight is 263 g/mol. The second-order valence-electron chi connectivity index (χ2n) is 3.84. The Kier molecular flexibility index (Phi) is 4.66. The van der Waals surface area contributed by atoms with Crippen LogP contribution in [0.4, 0.5) is 0 Å². The van der Waals surface area contributed by atoms with Crippen LogP contribution in [-0.4, -0.2) is 16.7 Å². The van der Waals surface area contributed by atoms with Gasteiger partial charge in [0.25, 0.3) is 5.19 Å². The summed E-state index contributed by atoms with van der Waals surface area (Å²) in [4.78, 5) is 0. The summed E-state index contributed by atoms with van der Waals surface area (Å²) in [5.41, 5.74) is 1.30. The van der Waals surface area contributed by atoms with E-state index in [1.165, 1.54) is 16.9 Å². The Bertz CT molecular complexity index is 481. The van der Waals surface area contributed by atoms with Crippen LogP contribution in [0, 0.1) is 0 Å². The molecule has 0 radical (unpaired) electrons. The molecule has 0 spiro atoms. The van der Waals surface area contributed by atoms with E-state index in [1.54, 1.807) is 0 Å². The van der Waals surface area contributed by atoms with Gasteiger partial charge in [0.1, 0.15) is 10.8 Å². The molecule has 1 aromatic heterocycles. The minimum atomic E-state index is 0.590. The lowest BCUT2D eigenvalue weighted by Crippen LogP contribution is -2.11. The molecule has 96 valence electrons. The summed E-state index contributed by atoms with van der Waals surface area (Å²) in [5, 5.41) is 12.8. The van der Waals surface area contributed by atoms with Gasteiger partial charge >= 0.3 is 0 Å². The number of hydrogen-bond acceptors (Lipinski definition) is 5. The molecule has 4 nitrogen and oxygen atoms in total. The highest BCUT2D eigenvalue weighted by atomic mass is 32.1. The van der Waals surface area contributed by atoms with E-state index in [0.717, 1.165) is 30.3 Å². The van der Waals surface area contributed by atoms with Gasteiger partial charge in [-0.1, -0.05) is 42.4 Å². The topological polar surface area (TPSA) is 47.0 Å². The fourth-order valence-corrected chi connectivity index (χ4v) is 2.15. The maximum atomic E-state index is 5.66. The molecule has 1 heterocycles. The molecule has 0 fully saturated rings. The van der Waals surface area contributed by atoms with Crippen LogP contribution >= 0.6 is 11.3 Å². The molecule has 0 bridgehead atoms. The minimum absolute atomic E-state index is 0.590. The first-order chi connectivity index (χ1) is 8.81. The number of hydrogen-bond donors (Lipinski definition) is 1. The van der Waals surface area contributed by atoms with Crippen molar-refractivity contribution in [2.24, 2.45) is 0 Å². The molecule has 0 atom stereocenters. The zero-order chi connectivity index (χ0) is 12.8. The SMILES string of the molecule is CCNCc1nnc(Oc2ccc(CC)cc2)s1. The highest BCUT2D eigenvalue weighted by Crippen LogP contribution is 2.25. The molecule has 0 amide bonds. The third kappa shape index (κ3) is 3.51. The number of rotatable bonds is 6. The first-order valence-corrected chi connectivity index (χ1v) is 6.93. The van der Waals surface area contributed by atoms with Gasteiger partial charge in [-0.2, -0.15) is 0 Å². The molecule has 0 aliphatic rings. The van der Waals surface area contributed by atoms with Gasteiger partial charge in [-0.3, -0.25) is 0 Å². The third-order valence-corrected chi connectivity index (χ3v) is 3.31. The van der Waals surface area contributed by atoms with E-state index in [0.29, 0.717) is 5.19 Å². The Morgan fingerprint density at radius 2 is 1.94 bits per heavy atom. The number of aryl methyl sites for hydroxylation is 1. The van der Waals surface area contributed by atoms with Crippen LogP contribution in [0.1, 0.15) is 24.4 Å². The second-order valence-corrected chi connectivity index (χ2v) is 4.87. The Labute approximate surface area is 111 Å². The lowest BCUT2D eigenvalue weighted by molar-refractivity contribution is 0.473. The number of benzene rings is 1. The van der Waals surface area contributed by atoms with Gasteiger partial charge < -0.3 is 10.1 Å². The first-order valence-electron chi connectivity index (χ1n) is 6.11. The number of aromatic nitrogens is 2. The van der Waals surface area contributed by atoms with Gasteiger partial charge in [0.05, 0.1) is 0 Å². The van der Waals surface area contributed by atoms with Crippen molar-refractivity contribution >= 4 is 11.3 Å². The van der Waals surface area contributed by atoms with E-state index in [1.807, 2.05) is 12.1 Å². The normalized spacial score (nSPS) is 10.6. The van der Waals surface area contributed by atoms with Crippen LogP contribution in [0.25, 0.3) is 0 Å². The van der Waals surface area contributed by atoms with E-state index >= 15 is 0 Å². The summed E-state index contributed by atoms with van der Waals surface area (Å²) in [6, 6.07) is 8.06. The highest BCUT2D eigenvalue weighted by Gasteiger charge is 2.05. The Morgan fingerprint density at radius 1 is 1.17 bits per heavy atom. The summed E-state index contributed by atoms with van der Waals surface area (Å²) in [6.45, 7) is 5.86. The van der Waals surface area contributed by atoms with Crippen molar-refractivity contribution in [2.45, 2.75) is 26.8 Å². The monoisotopic (exact) mass is 263 g/mol. The summed E-state index contributed by atoms with van der Waals surface area (Å²) >= 11 is 1.47. The van der Waals surface area contributed by atoms with Gasteiger partial charge in [0, 0.05) is 6.54 Å². The molecule has 2 aromatic rings. The number of ether oxygens (including phenoxy) is 1. The van der Waals surface area contributed by atoms with E-state index in [9.17, 15) is 0 Å². The van der Waals surface area contributed by atoms with E-state index < -0.39 is 0 Å². The molecule has 5 heteroatoms. The molecule has 1 aromatic carbocycles. The van der Waals surface area contributed by atoms with Gasteiger partial charge in [-0.25, -0.2) is 0 Å². The quantitative estimate of drug-likeness (QED) is 0.870. The van der Waals surface area contributed by atoms with Crippen LogP contribution in [0.2, 0.25) is 0 Å². The largest absolute Gasteiger partial charge is 0.430 e. The molecule has 1 N–H and O–H groups in total. The molecular weight excluding hydrogens is 246 g/mol. The maximum absolute atomic E-state index is 5.66. The second kappa shape index (κ2) is 6.47. The van der Waals surface area contributed by atoms with Crippen molar-refractivity contribution in [1.82, 2.24) is 15.5 Å². The van der Waals surface area contributed by atoms with Crippen LogP contribution in [0.15, 0.2) is 24.3 Å². The molecule has 0 saturated carbocycles. The van der Waals surface area contributed by atoms with Crippen LogP contribution in [0.3, 0.4) is 0 Å². The summed E-state index contributed by atoms with van der Waals surface area (Å²) in [7, 11) is 0. The van der Waals surface area contributed by atoms with Gasteiger partial charge in [-0.15, -0.1) is 5.10 Å². The summed E-state index contributed by atoms with van der Waals surface area (Å²) in [6.07, 6.45) is 1.03. The smallest absolute Gasteiger partial charge is 0.299 e. The molecule has 0 unspecified atom stereocenters. The lowest BCUT2D eigenvalue weighted by atomic mass is 10.2. The summed E-state index contributed by atoms with van der Waals surface area (Å²) < 4.78 is 5.66. The standard InChI is InChI=1S/C13H17N3OS/c1-3-10-5-7-11(8-6-10)17-13-16-15-12(18-13)9-14-4-2/h5-8,14H,3-4,9H2,1-2H3. The van der Waals surface area contributed by atoms with Crippen molar-refractivity contribution in [3.8, 4) is 10.9 Å². The molecule has 0 saturated heterocycles. The Hall–Kier alpha value is -1.46. The van der Waals surface area contributed by atoms with Gasteiger partial charge in [-0.05, 0) is 30.7 Å². The van der Waals surface area contributed by atoms with Crippen molar-refractivity contribution < 1.29 is 4.74 Å². The van der Waals surface area contributed by atoms with E-state index in [-0.39, 0.29) is 0 Å². The predicted octanol–water partition coefficient (Wildman–Crippen LogP) is 3.00. The van der Waals surface area contributed by atoms with Crippen LogP contribution < -0.4 is 10.1 Å². The highest BCUT2D eigenvalue weighted by molar-refractivity contribution is 7.13. The van der Waals surface area contributed by atoms with Gasteiger partial charge in [0.2, 0.25) is 0 Å². The lowest BCUT2D eigenvalue weighted by Gasteiger charge is -2.01. The zero-order valence-corrected chi connectivity index (χ0v) is 11.5. The first kappa shape index (κ1) is 13.0. The molecule has 2 rings (SSSR count). The summed E-state index contributed by atoms with van der Waals surface area (Å²) in [5.74, 6) is 0.804.